The van der Waals surface area contributed by atoms with Crippen LogP contribution in [0.1, 0.15) is 42.8 Å². The Bertz CT molecular complexity index is 1850. The number of thiophene rings is 1. The quantitative estimate of drug-likeness (QED) is 0.188. The second kappa shape index (κ2) is 10.2. The number of fused-ring (bicyclic) bond motifs is 2. The molecule has 10 heteroatoms. The highest BCUT2D eigenvalue weighted by Gasteiger charge is 2.17. The third-order valence-electron chi connectivity index (χ3n) is 6.51. The van der Waals surface area contributed by atoms with Gasteiger partial charge in [0.25, 0.3) is 0 Å². The van der Waals surface area contributed by atoms with Gasteiger partial charge in [-0.3, -0.25) is 29.6 Å². The molecule has 0 saturated heterocycles. The summed E-state index contributed by atoms with van der Waals surface area (Å²) in [7, 11) is 0. The van der Waals surface area contributed by atoms with Gasteiger partial charge in [-0.1, -0.05) is 13.3 Å². The number of aromatic nitrogens is 6. The fraction of sp³-hybridized carbons (Fsp3) is 0.172. The van der Waals surface area contributed by atoms with Crippen molar-refractivity contribution in [1.82, 2.24) is 30.1 Å². The van der Waals surface area contributed by atoms with Crippen LogP contribution in [0.15, 0.2) is 61.2 Å². The zero-order valence-electron chi connectivity index (χ0n) is 21.4. The number of H-pyrrole nitrogens is 2. The number of nitrogens with one attached hydrogen (secondary N) is 3. The first-order valence-electron chi connectivity index (χ1n) is 12.7. The molecule has 0 aliphatic heterocycles. The molecule has 0 atom stereocenters. The number of unbranched alkanes of at least 4 members (excludes halogenated alkanes) is 1. The van der Waals surface area contributed by atoms with Crippen LogP contribution < -0.4 is 5.32 Å². The van der Waals surface area contributed by atoms with Gasteiger partial charge in [-0.2, -0.15) is 5.10 Å². The fourth-order valence-corrected chi connectivity index (χ4v) is 5.43. The van der Waals surface area contributed by atoms with Crippen LogP contribution in [0.4, 0.5) is 5.69 Å². The van der Waals surface area contributed by atoms with Gasteiger partial charge < -0.3 is 10.3 Å². The predicted octanol–water partition coefficient (Wildman–Crippen LogP) is 6.62. The smallest absolute Gasteiger partial charge is 0.224 e. The van der Waals surface area contributed by atoms with Crippen LogP contribution in [0.5, 0.6) is 0 Å². The summed E-state index contributed by atoms with van der Waals surface area (Å²) in [6, 6.07) is 11.6. The lowest BCUT2D eigenvalue weighted by molar-refractivity contribution is -0.116. The van der Waals surface area contributed by atoms with Gasteiger partial charge in [0, 0.05) is 40.7 Å². The van der Waals surface area contributed by atoms with E-state index >= 15 is 0 Å². The van der Waals surface area contributed by atoms with Gasteiger partial charge in [0.15, 0.2) is 5.78 Å². The van der Waals surface area contributed by atoms with Crippen LogP contribution in [0.2, 0.25) is 0 Å². The summed E-state index contributed by atoms with van der Waals surface area (Å²) < 4.78 is 0. The highest BCUT2D eigenvalue weighted by atomic mass is 32.1. The molecule has 194 valence electrons. The molecule has 0 aromatic carbocycles. The van der Waals surface area contributed by atoms with E-state index < -0.39 is 0 Å². The lowest BCUT2D eigenvalue weighted by atomic mass is 10.1. The molecule has 0 aliphatic carbocycles. The Balaban J connectivity index is 1.36. The van der Waals surface area contributed by atoms with E-state index in [2.05, 4.69) is 42.4 Å². The Morgan fingerprint density at radius 3 is 2.67 bits per heavy atom. The number of Topliss-reactive ketones (excluding diaryl/α,β-unsaturated/α-hetero) is 1. The summed E-state index contributed by atoms with van der Waals surface area (Å²) in [5.74, 6) is 0.0178. The summed E-state index contributed by atoms with van der Waals surface area (Å²) >= 11 is 1.44. The Morgan fingerprint density at radius 1 is 0.974 bits per heavy atom. The highest BCUT2D eigenvalue weighted by molar-refractivity contribution is 7.17. The molecule has 9 nitrogen and oxygen atoms in total. The standard InChI is InChI=1S/C29H25N7O2S/c1-3-4-5-27(38)33-18-10-17(13-30-14-18)22-11-20-24(15-32-22)35-36-28(20)23-12-19-21(34-23)8-9-31-29(19)26-7-6-25(39-26)16(2)37/h6-15,34H,3-5H2,1-2H3,(H,33,38)(H,35,36). The molecular weight excluding hydrogens is 510 g/mol. The minimum absolute atomic E-state index is 0.0240. The van der Waals surface area contributed by atoms with E-state index in [4.69, 9.17) is 0 Å². The monoisotopic (exact) mass is 535 g/mol. The number of anilines is 1. The predicted molar refractivity (Wildman–Crippen MR) is 154 cm³/mol. The van der Waals surface area contributed by atoms with Crippen molar-refractivity contribution in [2.24, 2.45) is 0 Å². The minimum Gasteiger partial charge on any atom is -0.353 e. The normalized spacial score (nSPS) is 11.3. The van der Waals surface area contributed by atoms with Crippen molar-refractivity contribution in [3.8, 4) is 33.2 Å². The first kappa shape index (κ1) is 24.6. The molecule has 0 fully saturated rings. The number of ketones is 1. The number of aromatic amines is 2. The van der Waals surface area contributed by atoms with E-state index in [1.54, 1.807) is 31.7 Å². The molecule has 6 rings (SSSR count). The van der Waals surface area contributed by atoms with Gasteiger partial charge in [-0.25, -0.2) is 0 Å². The van der Waals surface area contributed by atoms with Crippen LogP contribution in [0.3, 0.4) is 0 Å². The molecule has 0 aliphatic rings. The maximum Gasteiger partial charge on any atom is 0.224 e. The zero-order valence-corrected chi connectivity index (χ0v) is 22.2. The zero-order chi connectivity index (χ0) is 26.9. The highest BCUT2D eigenvalue weighted by Crippen LogP contribution is 2.36. The number of carbonyl (C=O) groups excluding carboxylic acids is 2. The summed E-state index contributed by atoms with van der Waals surface area (Å²) in [6.07, 6.45) is 9.17. The summed E-state index contributed by atoms with van der Waals surface area (Å²) in [4.78, 5) is 42.6. The van der Waals surface area contributed by atoms with Crippen molar-refractivity contribution in [3.63, 3.8) is 0 Å². The Hall–Kier alpha value is -4.70. The van der Waals surface area contributed by atoms with Crippen LogP contribution in [0.25, 0.3) is 55.0 Å². The molecule has 39 heavy (non-hydrogen) atoms. The van der Waals surface area contributed by atoms with E-state index in [-0.39, 0.29) is 11.7 Å². The number of hydrogen-bond donors (Lipinski definition) is 3. The Labute approximate surface area is 227 Å². The molecule has 6 aromatic rings. The van der Waals surface area contributed by atoms with Gasteiger partial charge in [0.1, 0.15) is 5.69 Å². The van der Waals surface area contributed by atoms with Crippen LogP contribution >= 0.6 is 11.3 Å². The summed E-state index contributed by atoms with van der Waals surface area (Å²) in [5, 5.41) is 12.4. The van der Waals surface area contributed by atoms with Crippen LogP contribution in [-0.4, -0.2) is 41.8 Å². The average Bonchev–Trinajstić information content (AvgIpc) is 3.69. The fourth-order valence-electron chi connectivity index (χ4n) is 4.52. The number of amides is 1. The first-order valence-corrected chi connectivity index (χ1v) is 13.5. The van der Waals surface area contributed by atoms with E-state index in [0.717, 1.165) is 67.9 Å². The average molecular weight is 536 g/mol. The van der Waals surface area contributed by atoms with Gasteiger partial charge in [-0.15, -0.1) is 11.3 Å². The number of rotatable bonds is 8. The van der Waals surface area contributed by atoms with E-state index in [1.165, 1.54) is 11.3 Å². The SMILES string of the molecule is CCCCC(=O)Nc1cncc(-c2cc3c(-c4cc5c(-c6ccc(C(C)=O)s6)nccc5[nH]4)n[nH]c3cn2)c1. The Morgan fingerprint density at radius 2 is 1.85 bits per heavy atom. The molecule has 3 N–H and O–H groups in total. The summed E-state index contributed by atoms with van der Waals surface area (Å²) in [5.41, 5.74) is 6.28. The van der Waals surface area contributed by atoms with Crippen LogP contribution in [0, 0.1) is 0 Å². The molecule has 0 saturated carbocycles. The van der Waals surface area contributed by atoms with E-state index in [0.29, 0.717) is 17.0 Å². The largest absolute Gasteiger partial charge is 0.353 e. The number of carbonyl (C=O) groups is 2. The summed E-state index contributed by atoms with van der Waals surface area (Å²) in [6.45, 7) is 3.63. The van der Waals surface area contributed by atoms with Gasteiger partial charge >= 0.3 is 0 Å². The molecule has 1 amide bonds. The van der Waals surface area contributed by atoms with Crippen molar-refractivity contribution in [1.29, 1.82) is 0 Å². The second-order valence-corrected chi connectivity index (χ2v) is 10.4. The van der Waals surface area contributed by atoms with Crippen molar-refractivity contribution in [2.45, 2.75) is 33.1 Å². The molecule has 0 bridgehead atoms. The molecule has 0 radical (unpaired) electrons. The minimum atomic E-state index is -0.0240. The third kappa shape index (κ3) is 4.82. The lowest BCUT2D eigenvalue weighted by Crippen LogP contribution is -2.11. The number of hydrogen-bond acceptors (Lipinski definition) is 7. The molecule has 0 unspecified atom stereocenters. The van der Waals surface area contributed by atoms with Crippen LogP contribution in [-0.2, 0) is 4.79 Å². The Kier molecular flexibility index (Phi) is 6.45. The van der Waals surface area contributed by atoms with Gasteiger partial charge in [0.2, 0.25) is 5.91 Å². The molecule has 6 aromatic heterocycles. The van der Waals surface area contributed by atoms with Gasteiger partial charge in [-0.05, 0) is 49.7 Å². The van der Waals surface area contributed by atoms with Gasteiger partial charge in [0.05, 0.1) is 50.4 Å². The maximum atomic E-state index is 12.2. The number of nitrogens with zero attached hydrogens (tertiary/aromatic N) is 4. The second-order valence-electron chi connectivity index (χ2n) is 9.33. The van der Waals surface area contributed by atoms with Crippen molar-refractivity contribution >= 4 is 50.5 Å². The number of pyridine rings is 3. The van der Waals surface area contributed by atoms with Crippen molar-refractivity contribution in [3.05, 3.63) is 66.1 Å². The molecule has 0 spiro atoms. The molecule has 6 heterocycles. The lowest BCUT2D eigenvalue weighted by Gasteiger charge is -2.07. The topological polar surface area (TPSA) is 129 Å². The maximum absolute atomic E-state index is 12.2. The van der Waals surface area contributed by atoms with E-state index in [9.17, 15) is 9.59 Å². The van der Waals surface area contributed by atoms with Crippen molar-refractivity contribution in [2.75, 3.05) is 5.32 Å². The third-order valence-corrected chi connectivity index (χ3v) is 7.70. The van der Waals surface area contributed by atoms with Crippen molar-refractivity contribution < 1.29 is 9.59 Å². The molecular formula is C29H25N7O2S. The van der Waals surface area contributed by atoms with E-state index in [1.807, 2.05) is 36.4 Å². The first-order chi connectivity index (χ1) is 19.0.